The number of H-pyrrole nitrogens is 2. The second-order valence-electron chi connectivity index (χ2n) is 8.98. The van der Waals surface area contributed by atoms with Crippen LogP contribution < -0.4 is 16.0 Å². The van der Waals surface area contributed by atoms with Crippen molar-refractivity contribution < 1.29 is 9.59 Å². The molecule has 0 bridgehead atoms. The lowest BCUT2D eigenvalue weighted by Gasteiger charge is -2.25. The number of benzene rings is 2. The van der Waals surface area contributed by atoms with Gasteiger partial charge in [0.05, 0.1) is 18.4 Å². The van der Waals surface area contributed by atoms with Gasteiger partial charge in [-0.1, -0.05) is 48.5 Å². The van der Waals surface area contributed by atoms with Gasteiger partial charge in [-0.05, 0) is 43.1 Å². The minimum absolute atomic E-state index is 0.0594. The zero-order valence-electron chi connectivity index (χ0n) is 19.5. The molecule has 3 heterocycles. The zero-order valence-corrected chi connectivity index (χ0v) is 19.5. The molecule has 2 aromatic carbocycles. The molecule has 8 nitrogen and oxygen atoms in total. The molecule has 0 spiro atoms. The summed E-state index contributed by atoms with van der Waals surface area (Å²) in [6, 6.07) is 17.2. The number of para-hydroxylation sites is 1. The molecule has 1 unspecified atom stereocenters. The van der Waals surface area contributed by atoms with Crippen LogP contribution in [0.2, 0.25) is 0 Å². The molecule has 1 aliphatic heterocycles. The van der Waals surface area contributed by atoms with Gasteiger partial charge >= 0.3 is 0 Å². The third kappa shape index (κ3) is 5.44. The molecule has 35 heavy (non-hydrogen) atoms. The van der Waals surface area contributed by atoms with Gasteiger partial charge in [0.15, 0.2) is 0 Å². The number of rotatable bonds is 8. The van der Waals surface area contributed by atoms with Crippen LogP contribution in [0.4, 0.5) is 0 Å². The van der Waals surface area contributed by atoms with Crippen molar-refractivity contribution in [3.8, 4) is 11.3 Å². The lowest BCUT2D eigenvalue weighted by Crippen LogP contribution is -2.50. The highest BCUT2D eigenvalue weighted by Gasteiger charge is 2.27. The van der Waals surface area contributed by atoms with Gasteiger partial charge in [0.1, 0.15) is 11.9 Å². The Bertz CT molecular complexity index is 1290. The van der Waals surface area contributed by atoms with E-state index in [1.807, 2.05) is 60.8 Å². The van der Waals surface area contributed by atoms with E-state index in [1.165, 1.54) is 0 Å². The van der Waals surface area contributed by atoms with Crippen LogP contribution in [0.25, 0.3) is 22.2 Å². The number of hydrogen-bond acceptors (Lipinski definition) is 4. The van der Waals surface area contributed by atoms with E-state index in [0.29, 0.717) is 12.2 Å². The fourth-order valence-corrected chi connectivity index (χ4v) is 4.61. The first-order valence-electron chi connectivity index (χ1n) is 12.1. The number of piperidine rings is 1. The lowest BCUT2D eigenvalue weighted by atomic mass is 9.96. The Morgan fingerprint density at radius 1 is 1.03 bits per heavy atom. The van der Waals surface area contributed by atoms with Crippen molar-refractivity contribution in [2.75, 3.05) is 13.1 Å². The molecular formula is C27H30N6O2. The van der Waals surface area contributed by atoms with Crippen LogP contribution in [0.1, 0.15) is 24.2 Å². The van der Waals surface area contributed by atoms with Gasteiger partial charge in [0.2, 0.25) is 11.8 Å². The Hall–Kier alpha value is -3.91. The first-order valence-corrected chi connectivity index (χ1v) is 12.1. The maximum Gasteiger partial charge on any atom is 0.243 e. The molecule has 1 fully saturated rings. The summed E-state index contributed by atoms with van der Waals surface area (Å²) >= 11 is 0. The van der Waals surface area contributed by atoms with E-state index in [1.54, 1.807) is 6.20 Å². The van der Waals surface area contributed by atoms with Crippen molar-refractivity contribution in [1.82, 2.24) is 30.9 Å². The van der Waals surface area contributed by atoms with E-state index in [9.17, 15) is 9.59 Å². The molecule has 0 aliphatic carbocycles. The standard InChI is InChI=1S/C27H30N6O2/c34-26(19-10-12-28-13-11-19)33-23(14-20-15-29-22-9-5-4-8-21(20)22)27(35)31-17-25-30-16-24(32-25)18-6-2-1-3-7-18/h1-9,15-16,19,23,28-29H,10-14,17H2,(H,30,32)(H,31,35)(H,33,34). The van der Waals surface area contributed by atoms with Gasteiger partial charge in [-0.2, -0.15) is 0 Å². The number of nitrogens with zero attached hydrogens (tertiary/aromatic N) is 1. The second-order valence-corrected chi connectivity index (χ2v) is 8.98. The van der Waals surface area contributed by atoms with Crippen LogP contribution in [0.15, 0.2) is 67.0 Å². The molecule has 5 rings (SSSR count). The van der Waals surface area contributed by atoms with Gasteiger partial charge < -0.3 is 25.9 Å². The van der Waals surface area contributed by atoms with E-state index >= 15 is 0 Å². The number of aromatic amines is 2. The number of amides is 2. The maximum atomic E-state index is 13.3. The quantitative estimate of drug-likeness (QED) is 0.272. The number of aromatic nitrogens is 3. The monoisotopic (exact) mass is 470 g/mol. The highest BCUT2D eigenvalue weighted by atomic mass is 16.2. The summed E-state index contributed by atoms with van der Waals surface area (Å²) in [6.07, 6.45) is 5.64. The van der Waals surface area contributed by atoms with Gasteiger partial charge in [0, 0.05) is 29.4 Å². The Kier molecular flexibility index (Phi) is 6.90. The lowest BCUT2D eigenvalue weighted by molar-refractivity contribution is -0.131. The maximum absolute atomic E-state index is 13.3. The third-order valence-corrected chi connectivity index (χ3v) is 6.59. The fourth-order valence-electron chi connectivity index (χ4n) is 4.61. The Labute approximate surface area is 203 Å². The summed E-state index contributed by atoms with van der Waals surface area (Å²) in [5, 5.41) is 10.3. The zero-order chi connectivity index (χ0) is 24.0. The van der Waals surface area contributed by atoms with Crippen LogP contribution in [0.3, 0.4) is 0 Å². The first kappa shape index (κ1) is 22.9. The van der Waals surface area contributed by atoms with E-state index in [0.717, 1.165) is 53.7 Å². The topological polar surface area (TPSA) is 115 Å². The molecule has 0 saturated carbocycles. The van der Waals surface area contributed by atoms with Crippen LogP contribution in [0.5, 0.6) is 0 Å². The molecule has 1 atom stereocenters. The summed E-state index contributed by atoms with van der Waals surface area (Å²) < 4.78 is 0. The largest absolute Gasteiger partial charge is 0.361 e. The number of hydrogen-bond donors (Lipinski definition) is 5. The van der Waals surface area contributed by atoms with Crippen molar-refractivity contribution in [3.05, 3.63) is 78.4 Å². The van der Waals surface area contributed by atoms with E-state index < -0.39 is 6.04 Å². The molecule has 180 valence electrons. The molecule has 2 amide bonds. The van der Waals surface area contributed by atoms with Crippen molar-refractivity contribution in [2.45, 2.75) is 31.8 Å². The SMILES string of the molecule is O=C(NC(Cc1c[nH]c2ccccc12)C(=O)NCc1ncc(-c2ccccc2)[nH]1)C1CCNCC1. The van der Waals surface area contributed by atoms with E-state index in [4.69, 9.17) is 0 Å². The number of carbonyl (C=O) groups excluding carboxylic acids is 2. The van der Waals surface area contributed by atoms with Crippen molar-refractivity contribution in [1.29, 1.82) is 0 Å². The number of carbonyl (C=O) groups is 2. The number of fused-ring (bicyclic) bond motifs is 1. The van der Waals surface area contributed by atoms with Crippen molar-refractivity contribution in [2.24, 2.45) is 5.92 Å². The van der Waals surface area contributed by atoms with E-state index in [2.05, 4.69) is 30.9 Å². The normalized spacial score (nSPS) is 15.1. The predicted molar refractivity (Wildman–Crippen MR) is 135 cm³/mol. The minimum atomic E-state index is -0.680. The summed E-state index contributed by atoms with van der Waals surface area (Å²) in [4.78, 5) is 37.2. The number of nitrogens with one attached hydrogen (secondary N) is 5. The fraction of sp³-hybridized carbons (Fsp3) is 0.296. The minimum Gasteiger partial charge on any atom is -0.361 e. The van der Waals surface area contributed by atoms with Gasteiger partial charge in [0.25, 0.3) is 0 Å². The third-order valence-electron chi connectivity index (χ3n) is 6.59. The Morgan fingerprint density at radius 3 is 2.63 bits per heavy atom. The highest BCUT2D eigenvalue weighted by molar-refractivity contribution is 5.90. The van der Waals surface area contributed by atoms with Crippen LogP contribution in [-0.4, -0.2) is 45.9 Å². The molecule has 5 N–H and O–H groups in total. The second kappa shape index (κ2) is 10.6. The van der Waals surface area contributed by atoms with Crippen LogP contribution in [0, 0.1) is 5.92 Å². The molecule has 4 aromatic rings. The number of imidazole rings is 1. The van der Waals surface area contributed by atoms with Crippen molar-refractivity contribution in [3.63, 3.8) is 0 Å². The highest BCUT2D eigenvalue weighted by Crippen LogP contribution is 2.20. The smallest absolute Gasteiger partial charge is 0.243 e. The first-order chi connectivity index (χ1) is 17.2. The predicted octanol–water partition coefficient (Wildman–Crippen LogP) is 2.90. The average Bonchev–Trinajstić information content (AvgIpc) is 3.55. The van der Waals surface area contributed by atoms with Gasteiger partial charge in [-0.25, -0.2) is 4.98 Å². The Balaban J connectivity index is 1.29. The molecule has 1 aliphatic rings. The molecule has 0 radical (unpaired) electrons. The summed E-state index contributed by atoms with van der Waals surface area (Å²) in [6.45, 7) is 1.89. The average molecular weight is 471 g/mol. The van der Waals surface area contributed by atoms with Gasteiger partial charge in [-0.3, -0.25) is 9.59 Å². The Morgan fingerprint density at radius 2 is 1.80 bits per heavy atom. The van der Waals surface area contributed by atoms with Crippen LogP contribution >= 0.6 is 0 Å². The molecule has 1 saturated heterocycles. The van der Waals surface area contributed by atoms with Crippen LogP contribution in [-0.2, 0) is 22.6 Å². The molecule has 2 aromatic heterocycles. The summed E-state index contributed by atoms with van der Waals surface area (Å²) in [5.74, 6) is 0.298. The van der Waals surface area contributed by atoms with Gasteiger partial charge in [-0.15, -0.1) is 0 Å². The summed E-state index contributed by atoms with van der Waals surface area (Å²) in [7, 11) is 0. The molecular weight excluding hydrogens is 440 g/mol. The van der Waals surface area contributed by atoms with E-state index in [-0.39, 0.29) is 24.3 Å². The summed E-state index contributed by atoms with van der Waals surface area (Å²) in [5.41, 5.74) is 3.93. The molecule has 8 heteroatoms. The van der Waals surface area contributed by atoms with Crippen molar-refractivity contribution >= 4 is 22.7 Å².